The van der Waals surface area contributed by atoms with Gasteiger partial charge in [0.15, 0.2) is 0 Å². The first kappa shape index (κ1) is 23.5. The number of carbonyl (C=O) groups excluding carboxylic acids is 1. The number of benzene rings is 2. The molecule has 0 atom stereocenters. The van der Waals surface area contributed by atoms with E-state index in [1.807, 2.05) is 30.3 Å². The fourth-order valence-corrected chi connectivity index (χ4v) is 4.82. The Balaban J connectivity index is 1.63. The van der Waals surface area contributed by atoms with E-state index in [0.29, 0.717) is 11.6 Å². The number of hydrogen-bond donors (Lipinski definition) is 1. The molecule has 0 aliphatic carbocycles. The first-order chi connectivity index (χ1) is 15.4. The number of anilines is 1. The molecule has 8 nitrogen and oxygen atoms in total. The summed E-state index contributed by atoms with van der Waals surface area (Å²) < 4.78 is 32.2. The molecule has 10 heteroatoms. The van der Waals surface area contributed by atoms with Crippen LogP contribution in [-0.2, 0) is 15.8 Å². The standard InChI is InChI=1S/C22H22N4O4S2/c1-3-14-26(15-4-2)32(28,29)19-12-10-17(11-13-19)21(27)23-22-25-24-20(30-22)16-31-18-8-6-5-7-9-18/h3-13H,1-2,14-16H2,(H,23,25,27). The van der Waals surface area contributed by atoms with Gasteiger partial charge >= 0.3 is 6.01 Å². The summed E-state index contributed by atoms with van der Waals surface area (Å²) in [6.45, 7) is 7.47. The summed E-state index contributed by atoms with van der Waals surface area (Å²) in [5.41, 5.74) is 0.251. The van der Waals surface area contributed by atoms with Crippen molar-refractivity contribution < 1.29 is 17.6 Å². The Morgan fingerprint density at radius 2 is 1.69 bits per heavy atom. The second kappa shape index (κ2) is 10.9. The van der Waals surface area contributed by atoms with E-state index in [1.165, 1.54) is 52.5 Å². The molecule has 1 N–H and O–H groups in total. The van der Waals surface area contributed by atoms with Crippen LogP contribution in [0.2, 0.25) is 0 Å². The number of thioether (sulfide) groups is 1. The second-order valence-corrected chi connectivity index (χ2v) is 9.47. The van der Waals surface area contributed by atoms with Crippen LogP contribution in [0.3, 0.4) is 0 Å². The zero-order valence-corrected chi connectivity index (χ0v) is 18.8. The van der Waals surface area contributed by atoms with Crippen molar-refractivity contribution in [2.75, 3.05) is 18.4 Å². The highest BCUT2D eigenvalue weighted by molar-refractivity contribution is 7.98. The molecule has 0 unspecified atom stereocenters. The summed E-state index contributed by atoms with van der Waals surface area (Å²) >= 11 is 1.53. The molecule has 0 aliphatic rings. The number of nitrogens with zero attached hydrogens (tertiary/aromatic N) is 3. The number of amides is 1. The molecular formula is C22H22N4O4S2. The van der Waals surface area contributed by atoms with Crippen molar-refractivity contribution >= 4 is 33.7 Å². The maximum atomic E-state index is 12.7. The van der Waals surface area contributed by atoms with E-state index in [9.17, 15) is 13.2 Å². The molecular weight excluding hydrogens is 448 g/mol. The third-order valence-corrected chi connectivity index (χ3v) is 7.06. The largest absolute Gasteiger partial charge is 0.407 e. The smallest absolute Gasteiger partial charge is 0.322 e. The fraction of sp³-hybridized carbons (Fsp3) is 0.136. The van der Waals surface area contributed by atoms with Crippen molar-refractivity contribution in [3.05, 3.63) is 91.4 Å². The van der Waals surface area contributed by atoms with E-state index in [-0.39, 0.29) is 29.6 Å². The number of rotatable bonds is 11. The van der Waals surface area contributed by atoms with Crippen molar-refractivity contribution in [3.8, 4) is 0 Å². The summed E-state index contributed by atoms with van der Waals surface area (Å²) in [6, 6.07) is 15.3. The molecule has 3 aromatic rings. The van der Waals surface area contributed by atoms with Crippen LogP contribution in [0, 0.1) is 0 Å². The Kier molecular flexibility index (Phi) is 7.98. The molecule has 32 heavy (non-hydrogen) atoms. The van der Waals surface area contributed by atoms with Gasteiger partial charge in [0.2, 0.25) is 15.9 Å². The second-order valence-electron chi connectivity index (χ2n) is 6.48. The minimum absolute atomic E-state index is 0.0292. The van der Waals surface area contributed by atoms with Gasteiger partial charge in [0, 0.05) is 23.5 Å². The summed E-state index contributed by atoms with van der Waals surface area (Å²) in [5, 5.41) is 10.3. The minimum atomic E-state index is -3.74. The summed E-state index contributed by atoms with van der Waals surface area (Å²) in [5.74, 6) is 0.347. The molecule has 0 saturated carbocycles. The van der Waals surface area contributed by atoms with Gasteiger partial charge in [-0.15, -0.1) is 30.0 Å². The van der Waals surface area contributed by atoms with Gasteiger partial charge in [-0.25, -0.2) is 8.42 Å². The Hall–Kier alpha value is -3.21. The van der Waals surface area contributed by atoms with Crippen LogP contribution < -0.4 is 5.32 Å². The van der Waals surface area contributed by atoms with Gasteiger partial charge in [0.05, 0.1) is 10.6 Å². The molecule has 3 rings (SSSR count). The van der Waals surface area contributed by atoms with Crippen LogP contribution >= 0.6 is 11.8 Å². The Labute approximate surface area is 191 Å². The maximum absolute atomic E-state index is 12.7. The van der Waals surface area contributed by atoms with Crippen LogP contribution in [0.1, 0.15) is 16.2 Å². The molecule has 0 aliphatic heterocycles. The SMILES string of the molecule is C=CCN(CC=C)S(=O)(=O)c1ccc(C(=O)Nc2nnc(CSc3ccccc3)o2)cc1. The summed E-state index contributed by atoms with van der Waals surface area (Å²) in [6.07, 6.45) is 3.00. The van der Waals surface area contributed by atoms with Gasteiger partial charge in [-0.05, 0) is 36.4 Å². The van der Waals surface area contributed by atoms with Crippen molar-refractivity contribution in [2.24, 2.45) is 0 Å². The Morgan fingerprint density at radius 3 is 2.31 bits per heavy atom. The van der Waals surface area contributed by atoms with Gasteiger partial charge in [0.25, 0.3) is 5.91 Å². The average Bonchev–Trinajstić information content (AvgIpc) is 3.25. The van der Waals surface area contributed by atoms with Crippen molar-refractivity contribution in [1.29, 1.82) is 0 Å². The van der Waals surface area contributed by atoms with Crippen LogP contribution in [0.25, 0.3) is 0 Å². The lowest BCUT2D eigenvalue weighted by Gasteiger charge is -2.19. The third kappa shape index (κ3) is 5.94. The number of aromatic nitrogens is 2. The van der Waals surface area contributed by atoms with Crippen molar-refractivity contribution in [2.45, 2.75) is 15.5 Å². The highest BCUT2D eigenvalue weighted by atomic mass is 32.2. The van der Waals surface area contributed by atoms with E-state index < -0.39 is 15.9 Å². The number of nitrogens with one attached hydrogen (secondary N) is 1. The Morgan fingerprint density at radius 1 is 1.03 bits per heavy atom. The van der Waals surface area contributed by atoms with E-state index in [4.69, 9.17) is 4.42 Å². The molecule has 0 bridgehead atoms. The van der Waals surface area contributed by atoms with Gasteiger partial charge in [0.1, 0.15) is 0 Å². The maximum Gasteiger partial charge on any atom is 0.322 e. The predicted octanol–water partition coefficient (Wildman–Crippen LogP) is 3.98. The normalized spacial score (nSPS) is 11.3. The summed E-state index contributed by atoms with van der Waals surface area (Å²) in [4.78, 5) is 13.6. The van der Waals surface area contributed by atoms with E-state index in [1.54, 1.807) is 0 Å². The molecule has 166 valence electrons. The van der Waals surface area contributed by atoms with Crippen LogP contribution in [0.4, 0.5) is 6.01 Å². The first-order valence-electron chi connectivity index (χ1n) is 9.57. The molecule has 0 radical (unpaired) electrons. The average molecular weight is 471 g/mol. The quantitative estimate of drug-likeness (QED) is 0.334. The first-order valence-corrected chi connectivity index (χ1v) is 12.0. The molecule has 0 spiro atoms. The predicted molar refractivity (Wildman–Crippen MR) is 124 cm³/mol. The van der Waals surface area contributed by atoms with Crippen LogP contribution in [0.15, 0.2) is 94.1 Å². The molecule has 0 saturated heterocycles. The Bertz CT molecular complexity index is 1170. The molecule has 1 aromatic heterocycles. The zero-order chi connectivity index (χ0) is 23.0. The number of sulfonamides is 1. The third-order valence-electron chi connectivity index (χ3n) is 4.21. The lowest BCUT2D eigenvalue weighted by atomic mass is 10.2. The number of carbonyl (C=O) groups is 1. The molecule has 1 amide bonds. The van der Waals surface area contributed by atoms with Crippen LogP contribution in [0.5, 0.6) is 0 Å². The summed E-state index contributed by atoms with van der Waals surface area (Å²) in [7, 11) is -3.74. The lowest BCUT2D eigenvalue weighted by Crippen LogP contribution is -2.31. The number of hydrogen-bond acceptors (Lipinski definition) is 7. The van der Waals surface area contributed by atoms with E-state index in [0.717, 1.165) is 4.90 Å². The van der Waals surface area contributed by atoms with Gasteiger partial charge in [-0.2, -0.15) is 4.31 Å². The van der Waals surface area contributed by atoms with Crippen molar-refractivity contribution in [1.82, 2.24) is 14.5 Å². The van der Waals surface area contributed by atoms with Crippen molar-refractivity contribution in [3.63, 3.8) is 0 Å². The highest BCUT2D eigenvalue weighted by Gasteiger charge is 2.23. The van der Waals surface area contributed by atoms with Gasteiger partial charge in [-0.3, -0.25) is 10.1 Å². The van der Waals surface area contributed by atoms with E-state index in [2.05, 4.69) is 28.7 Å². The minimum Gasteiger partial charge on any atom is -0.407 e. The highest BCUT2D eigenvalue weighted by Crippen LogP contribution is 2.22. The monoisotopic (exact) mass is 470 g/mol. The lowest BCUT2D eigenvalue weighted by molar-refractivity contribution is 0.102. The molecule has 0 fully saturated rings. The fourth-order valence-electron chi connectivity index (χ4n) is 2.68. The zero-order valence-electron chi connectivity index (χ0n) is 17.2. The topological polar surface area (TPSA) is 105 Å². The molecule has 1 heterocycles. The van der Waals surface area contributed by atoms with Gasteiger partial charge in [-0.1, -0.05) is 35.4 Å². The molecule has 2 aromatic carbocycles. The van der Waals surface area contributed by atoms with Gasteiger partial charge < -0.3 is 4.42 Å². The van der Waals surface area contributed by atoms with Crippen LogP contribution in [-0.4, -0.2) is 41.9 Å². The van der Waals surface area contributed by atoms with E-state index >= 15 is 0 Å².